The van der Waals surface area contributed by atoms with Gasteiger partial charge >= 0.3 is 6.09 Å². The number of hydrogen-bond donors (Lipinski definition) is 2. The monoisotopic (exact) mass is 248 g/mol. The highest BCUT2D eigenvalue weighted by Gasteiger charge is 2.47. The van der Waals surface area contributed by atoms with Crippen LogP contribution in [0.25, 0.3) is 0 Å². The number of carboxylic acid groups (broad SMARTS) is 1. The van der Waals surface area contributed by atoms with Crippen LogP contribution in [0.1, 0.15) is 37.8 Å². The maximum atomic E-state index is 11.4. The molecule has 1 heterocycles. The molecule has 1 aromatic rings. The van der Waals surface area contributed by atoms with Crippen molar-refractivity contribution in [2.75, 3.05) is 6.54 Å². The van der Waals surface area contributed by atoms with E-state index in [0.29, 0.717) is 6.54 Å². The predicted molar refractivity (Wildman–Crippen MR) is 70.4 cm³/mol. The first-order valence-electron chi connectivity index (χ1n) is 6.43. The van der Waals surface area contributed by atoms with Crippen molar-refractivity contribution in [1.29, 1.82) is 0 Å². The summed E-state index contributed by atoms with van der Waals surface area (Å²) in [5.74, 6) is 0. The Balaban J connectivity index is 2.35. The smallest absolute Gasteiger partial charge is 0.407 e. The Morgan fingerprint density at radius 1 is 1.50 bits per heavy atom. The van der Waals surface area contributed by atoms with Crippen molar-refractivity contribution in [3.05, 3.63) is 35.9 Å². The zero-order valence-electron chi connectivity index (χ0n) is 10.7. The third kappa shape index (κ3) is 1.97. The number of hydrogen-bond acceptors (Lipinski definition) is 2. The summed E-state index contributed by atoms with van der Waals surface area (Å²) in [4.78, 5) is 12.9. The molecule has 0 saturated carbocycles. The van der Waals surface area contributed by atoms with Gasteiger partial charge in [0.1, 0.15) is 0 Å². The highest BCUT2D eigenvalue weighted by Crippen LogP contribution is 2.41. The van der Waals surface area contributed by atoms with Gasteiger partial charge in [-0.2, -0.15) is 0 Å². The maximum Gasteiger partial charge on any atom is 0.407 e. The van der Waals surface area contributed by atoms with E-state index in [1.54, 1.807) is 0 Å². The van der Waals surface area contributed by atoms with E-state index in [0.717, 1.165) is 24.8 Å². The molecule has 0 aromatic heterocycles. The number of carbonyl (C=O) groups is 1. The third-order valence-corrected chi connectivity index (χ3v) is 4.11. The van der Waals surface area contributed by atoms with Gasteiger partial charge in [0.15, 0.2) is 0 Å². The average molecular weight is 248 g/mol. The number of nitrogens with two attached hydrogens (primary N) is 1. The van der Waals surface area contributed by atoms with Gasteiger partial charge in [-0.25, -0.2) is 4.79 Å². The molecule has 1 amide bonds. The van der Waals surface area contributed by atoms with Crippen molar-refractivity contribution < 1.29 is 9.90 Å². The quantitative estimate of drug-likeness (QED) is 0.864. The van der Waals surface area contributed by atoms with Crippen LogP contribution in [0.4, 0.5) is 4.79 Å². The Bertz CT molecular complexity index is 421. The Hall–Kier alpha value is -1.55. The van der Waals surface area contributed by atoms with Crippen LogP contribution in [-0.2, 0) is 0 Å². The molecular weight excluding hydrogens is 228 g/mol. The van der Waals surface area contributed by atoms with Crippen molar-refractivity contribution in [2.24, 2.45) is 5.73 Å². The van der Waals surface area contributed by atoms with Crippen LogP contribution in [0.15, 0.2) is 30.3 Å². The summed E-state index contributed by atoms with van der Waals surface area (Å²) < 4.78 is 0. The largest absolute Gasteiger partial charge is 0.465 e. The zero-order chi connectivity index (χ0) is 13.2. The topological polar surface area (TPSA) is 66.6 Å². The van der Waals surface area contributed by atoms with E-state index in [9.17, 15) is 9.90 Å². The lowest BCUT2D eigenvalue weighted by atomic mass is 9.81. The molecule has 98 valence electrons. The fourth-order valence-corrected chi connectivity index (χ4v) is 3.07. The van der Waals surface area contributed by atoms with Gasteiger partial charge in [0, 0.05) is 6.54 Å². The molecule has 4 nitrogen and oxygen atoms in total. The van der Waals surface area contributed by atoms with Crippen LogP contribution in [0.3, 0.4) is 0 Å². The van der Waals surface area contributed by atoms with Crippen molar-refractivity contribution in [3.63, 3.8) is 0 Å². The van der Waals surface area contributed by atoms with Gasteiger partial charge in [0.2, 0.25) is 0 Å². The summed E-state index contributed by atoms with van der Waals surface area (Å²) in [5.41, 5.74) is 6.92. The van der Waals surface area contributed by atoms with Crippen molar-refractivity contribution in [2.45, 2.75) is 37.8 Å². The highest BCUT2D eigenvalue weighted by molar-refractivity contribution is 5.67. The summed E-state index contributed by atoms with van der Waals surface area (Å²) in [5, 5.41) is 9.35. The lowest BCUT2D eigenvalue weighted by molar-refractivity contribution is 0.0838. The summed E-state index contributed by atoms with van der Waals surface area (Å²) in [6, 6.07) is 9.51. The minimum absolute atomic E-state index is 0.262. The summed E-state index contributed by atoms with van der Waals surface area (Å²) in [6.45, 7) is 2.60. The first-order valence-corrected chi connectivity index (χ1v) is 6.43. The van der Waals surface area contributed by atoms with Crippen LogP contribution in [0.2, 0.25) is 0 Å². The van der Waals surface area contributed by atoms with E-state index in [-0.39, 0.29) is 6.04 Å². The van der Waals surface area contributed by atoms with Crippen LogP contribution in [-0.4, -0.2) is 28.2 Å². The summed E-state index contributed by atoms with van der Waals surface area (Å²) in [6.07, 6.45) is 1.61. The fraction of sp³-hybridized carbons (Fsp3) is 0.500. The number of likely N-dealkylation sites (tertiary alicyclic amines) is 1. The lowest BCUT2D eigenvalue weighted by Crippen LogP contribution is -2.53. The molecule has 1 aliphatic heterocycles. The van der Waals surface area contributed by atoms with E-state index in [1.807, 2.05) is 37.3 Å². The van der Waals surface area contributed by atoms with E-state index in [2.05, 4.69) is 0 Å². The van der Waals surface area contributed by atoms with Gasteiger partial charge < -0.3 is 15.7 Å². The first-order chi connectivity index (χ1) is 8.62. The Morgan fingerprint density at radius 2 is 2.17 bits per heavy atom. The Kier molecular flexibility index (Phi) is 3.57. The van der Waals surface area contributed by atoms with Gasteiger partial charge in [0.25, 0.3) is 0 Å². The van der Waals surface area contributed by atoms with Crippen LogP contribution in [0, 0.1) is 0 Å². The number of nitrogens with zero attached hydrogens (tertiary/aromatic N) is 1. The van der Waals surface area contributed by atoms with Crippen molar-refractivity contribution in [3.8, 4) is 0 Å². The second-order valence-electron chi connectivity index (χ2n) is 4.88. The van der Waals surface area contributed by atoms with E-state index in [1.165, 1.54) is 4.90 Å². The van der Waals surface area contributed by atoms with Crippen LogP contribution >= 0.6 is 0 Å². The molecule has 3 N–H and O–H groups in total. The Labute approximate surface area is 107 Å². The molecule has 1 aliphatic rings. The van der Waals surface area contributed by atoms with E-state index >= 15 is 0 Å². The Morgan fingerprint density at radius 3 is 2.72 bits per heavy atom. The molecular formula is C14H20N2O2. The van der Waals surface area contributed by atoms with Crippen LogP contribution < -0.4 is 5.73 Å². The zero-order valence-corrected chi connectivity index (χ0v) is 10.7. The molecule has 0 radical (unpaired) electrons. The normalized spacial score (nSPS) is 25.1. The van der Waals surface area contributed by atoms with Gasteiger partial charge in [-0.05, 0) is 24.8 Å². The predicted octanol–water partition coefficient (Wildman–Crippen LogP) is 2.61. The number of rotatable bonds is 3. The van der Waals surface area contributed by atoms with Crippen molar-refractivity contribution in [1.82, 2.24) is 4.90 Å². The fourth-order valence-electron chi connectivity index (χ4n) is 3.07. The molecule has 18 heavy (non-hydrogen) atoms. The maximum absolute atomic E-state index is 11.4. The molecule has 1 saturated heterocycles. The molecule has 1 aromatic carbocycles. The second kappa shape index (κ2) is 4.98. The molecule has 2 rings (SSSR count). The number of benzene rings is 1. The summed E-state index contributed by atoms with van der Waals surface area (Å²) >= 11 is 0. The van der Waals surface area contributed by atoms with Gasteiger partial charge in [-0.15, -0.1) is 0 Å². The first kappa shape index (κ1) is 12.9. The highest BCUT2D eigenvalue weighted by atomic mass is 16.4. The lowest BCUT2D eigenvalue weighted by Gasteiger charge is -2.41. The summed E-state index contributed by atoms with van der Waals surface area (Å²) in [7, 11) is 0. The number of amides is 1. The average Bonchev–Trinajstić information content (AvgIpc) is 2.84. The van der Waals surface area contributed by atoms with Crippen molar-refractivity contribution >= 4 is 6.09 Å². The second-order valence-corrected chi connectivity index (χ2v) is 4.88. The molecule has 4 heteroatoms. The van der Waals surface area contributed by atoms with Crippen LogP contribution in [0.5, 0.6) is 0 Å². The SMILES string of the molecule is CC[C@@]1([C@@H](N)c2ccccc2)CCCN1C(=O)O. The molecule has 0 aliphatic carbocycles. The molecule has 0 bridgehead atoms. The molecule has 2 atom stereocenters. The standard InChI is InChI=1S/C14H20N2O2/c1-2-14(9-6-10-16(14)13(17)18)12(15)11-7-4-3-5-8-11/h3-5,7-8,12H,2,6,9-10,15H2,1H3,(H,17,18)/t12-,14-/m0/s1. The van der Waals surface area contributed by atoms with Gasteiger partial charge in [0.05, 0.1) is 11.6 Å². The third-order valence-electron chi connectivity index (χ3n) is 4.11. The molecule has 0 unspecified atom stereocenters. The minimum atomic E-state index is -0.860. The molecule has 1 fully saturated rings. The minimum Gasteiger partial charge on any atom is -0.465 e. The van der Waals surface area contributed by atoms with E-state index in [4.69, 9.17) is 5.73 Å². The molecule has 0 spiro atoms. The van der Waals surface area contributed by atoms with E-state index < -0.39 is 11.6 Å². The van der Waals surface area contributed by atoms with Gasteiger partial charge in [-0.1, -0.05) is 37.3 Å². The van der Waals surface area contributed by atoms with Gasteiger partial charge in [-0.3, -0.25) is 0 Å².